The standard InChI is InChI=1S/C19H32N2/c1-15(2)20-12-11-17-5-7-18(8-6-17)13-21(16(3)4)14-19-9-10-19/h5-8,15-16,19-20H,9-14H2,1-4H3. The minimum atomic E-state index is 0.575. The lowest BCUT2D eigenvalue weighted by molar-refractivity contribution is 0.204. The lowest BCUT2D eigenvalue weighted by Crippen LogP contribution is -2.32. The van der Waals surface area contributed by atoms with Crippen LogP contribution in [0.25, 0.3) is 0 Å². The molecule has 0 saturated heterocycles. The fraction of sp³-hybridized carbons (Fsp3) is 0.684. The van der Waals surface area contributed by atoms with Crippen LogP contribution in [-0.2, 0) is 13.0 Å². The zero-order valence-electron chi connectivity index (χ0n) is 14.2. The molecule has 1 aromatic carbocycles. The second-order valence-corrected chi connectivity index (χ2v) is 7.14. The van der Waals surface area contributed by atoms with Gasteiger partial charge in [-0.1, -0.05) is 38.1 Å². The maximum Gasteiger partial charge on any atom is 0.0236 e. The summed E-state index contributed by atoms with van der Waals surface area (Å²) in [4.78, 5) is 2.62. The molecule has 0 radical (unpaired) electrons. The van der Waals surface area contributed by atoms with E-state index in [1.807, 2.05) is 0 Å². The zero-order valence-corrected chi connectivity index (χ0v) is 14.2. The number of nitrogens with zero attached hydrogens (tertiary/aromatic N) is 1. The Labute approximate surface area is 130 Å². The summed E-state index contributed by atoms with van der Waals surface area (Å²) in [5.74, 6) is 0.966. The molecular formula is C19H32N2. The lowest BCUT2D eigenvalue weighted by Gasteiger charge is -2.26. The summed E-state index contributed by atoms with van der Waals surface area (Å²) in [7, 11) is 0. The van der Waals surface area contributed by atoms with Gasteiger partial charge in [-0.2, -0.15) is 0 Å². The van der Waals surface area contributed by atoms with Crippen LogP contribution in [0.3, 0.4) is 0 Å². The summed E-state index contributed by atoms with van der Waals surface area (Å²) >= 11 is 0. The largest absolute Gasteiger partial charge is 0.314 e. The van der Waals surface area contributed by atoms with Gasteiger partial charge in [-0.15, -0.1) is 0 Å². The van der Waals surface area contributed by atoms with Gasteiger partial charge < -0.3 is 5.32 Å². The lowest BCUT2D eigenvalue weighted by atomic mass is 10.1. The van der Waals surface area contributed by atoms with Crippen molar-refractivity contribution >= 4 is 0 Å². The third kappa shape index (κ3) is 6.19. The van der Waals surface area contributed by atoms with E-state index in [1.165, 1.54) is 30.5 Å². The van der Waals surface area contributed by atoms with Gasteiger partial charge >= 0.3 is 0 Å². The first-order chi connectivity index (χ1) is 10.0. The van der Waals surface area contributed by atoms with E-state index < -0.39 is 0 Å². The number of benzene rings is 1. The Morgan fingerprint density at radius 1 is 1.05 bits per heavy atom. The van der Waals surface area contributed by atoms with Crippen LogP contribution in [0.5, 0.6) is 0 Å². The summed E-state index contributed by atoms with van der Waals surface area (Å²) in [6.45, 7) is 12.5. The molecule has 1 aliphatic carbocycles. The maximum absolute atomic E-state index is 3.48. The van der Waals surface area contributed by atoms with Gasteiger partial charge in [-0.05, 0) is 56.7 Å². The minimum Gasteiger partial charge on any atom is -0.314 e. The SMILES string of the molecule is CC(C)NCCc1ccc(CN(CC2CC2)C(C)C)cc1. The van der Waals surface area contributed by atoms with Gasteiger partial charge in [0.25, 0.3) is 0 Å². The summed E-state index contributed by atoms with van der Waals surface area (Å²) < 4.78 is 0. The van der Waals surface area contributed by atoms with Gasteiger partial charge in [0, 0.05) is 25.2 Å². The quantitative estimate of drug-likeness (QED) is 0.742. The average molecular weight is 288 g/mol. The van der Waals surface area contributed by atoms with Crippen LogP contribution in [0.1, 0.15) is 51.7 Å². The van der Waals surface area contributed by atoms with Crippen LogP contribution in [0.4, 0.5) is 0 Å². The summed E-state index contributed by atoms with van der Waals surface area (Å²) in [6.07, 6.45) is 3.99. The number of hydrogen-bond acceptors (Lipinski definition) is 2. The smallest absolute Gasteiger partial charge is 0.0236 e. The molecular weight excluding hydrogens is 256 g/mol. The molecule has 1 saturated carbocycles. The van der Waals surface area contributed by atoms with Crippen molar-refractivity contribution in [2.45, 2.75) is 65.6 Å². The molecule has 0 atom stereocenters. The molecule has 118 valence electrons. The van der Waals surface area contributed by atoms with Crippen LogP contribution in [-0.4, -0.2) is 30.1 Å². The molecule has 0 heterocycles. The van der Waals surface area contributed by atoms with Crippen molar-refractivity contribution in [3.05, 3.63) is 35.4 Å². The van der Waals surface area contributed by atoms with E-state index in [0.717, 1.165) is 25.4 Å². The van der Waals surface area contributed by atoms with Crippen LogP contribution >= 0.6 is 0 Å². The molecule has 0 spiro atoms. The summed E-state index contributed by atoms with van der Waals surface area (Å²) in [5.41, 5.74) is 2.88. The van der Waals surface area contributed by atoms with Crippen molar-refractivity contribution in [3.63, 3.8) is 0 Å². The normalized spacial score (nSPS) is 15.4. The van der Waals surface area contributed by atoms with Gasteiger partial charge in [0.05, 0.1) is 0 Å². The number of hydrogen-bond donors (Lipinski definition) is 1. The van der Waals surface area contributed by atoms with Crippen molar-refractivity contribution in [2.24, 2.45) is 5.92 Å². The summed E-state index contributed by atoms with van der Waals surface area (Å²) in [5, 5.41) is 3.48. The van der Waals surface area contributed by atoms with Crippen LogP contribution < -0.4 is 5.32 Å². The van der Waals surface area contributed by atoms with Crippen molar-refractivity contribution in [2.75, 3.05) is 13.1 Å². The highest BCUT2D eigenvalue weighted by molar-refractivity contribution is 5.23. The first kappa shape index (κ1) is 16.5. The van der Waals surface area contributed by atoms with Crippen LogP contribution in [0, 0.1) is 5.92 Å². The molecule has 0 bridgehead atoms. The molecule has 0 aromatic heterocycles. The molecule has 1 aliphatic rings. The molecule has 1 N–H and O–H groups in total. The topological polar surface area (TPSA) is 15.3 Å². The predicted octanol–water partition coefficient (Wildman–Crippen LogP) is 3.85. The maximum atomic E-state index is 3.48. The second-order valence-electron chi connectivity index (χ2n) is 7.14. The fourth-order valence-electron chi connectivity index (χ4n) is 2.64. The highest BCUT2D eigenvalue weighted by Crippen LogP contribution is 2.30. The molecule has 21 heavy (non-hydrogen) atoms. The van der Waals surface area contributed by atoms with Crippen LogP contribution in [0.15, 0.2) is 24.3 Å². The van der Waals surface area contributed by atoms with Crippen molar-refractivity contribution in [1.82, 2.24) is 10.2 Å². The van der Waals surface area contributed by atoms with Gasteiger partial charge in [0.1, 0.15) is 0 Å². The molecule has 2 heteroatoms. The minimum absolute atomic E-state index is 0.575. The van der Waals surface area contributed by atoms with E-state index in [2.05, 4.69) is 62.2 Å². The molecule has 2 rings (SSSR count). The van der Waals surface area contributed by atoms with Gasteiger partial charge in [0.2, 0.25) is 0 Å². The Bertz CT molecular complexity index is 404. The predicted molar refractivity (Wildman–Crippen MR) is 91.6 cm³/mol. The average Bonchev–Trinajstić information content (AvgIpc) is 3.23. The van der Waals surface area contributed by atoms with Gasteiger partial charge in [-0.3, -0.25) is 4.90 Å². The molecule has 1 aromatic rings. The Morgan fingerprint density at radius 2 is 1.67 bits per heavy atom. The third-order valence-corrected chi connectivity index (χ3v) is 4.29. The molecule has 2 nitrogen and oxygen atoms in total. The van der Waals surface area contributed by atoms with E-state index in [-0.39, 0.29) is 0 Å². The molecule has 0 aliphatic heterocycles. The second kappa shape index (κ2) is 7.95. The van der Waals surface area contributed by atoms with Gasteiger partial charge in [0.15, 0.2) is 0 Å². The van der Waals surface area contributed by atoms with E-state index in [1.54, 1.807) is 0 Å². The van der Waals surface area contributed by atoms with Gasteiger partial charge in [-0.25, -0.2) is 0 Å². The number of rotatable bonds is 9. The Morgan fingerprint density at radius 3 is 2.19 bits per heavy atom. The van der Waals surface area contributed by atoms with E-state index in [9.17, 15) is 0 Å². The summed E-state index contributed by atoms with van der Waals surface area (Å²) in [6, 6.07) is 10.4. The highest BCUT2D eigenvalue weighted by Gasteiger charge is 2.25. The van der Waals surface area contributed by atoms with Crippen LogP contribution in [0.2, 0.25) is 0 Å². The first-order valence-corrected chi connectivity index (χ1v) is 8.60. The van der Waals surface area contributed by atoms with E-state index in [0.29, 0.717) is 12.1 Å². The monoisotopic (exact) mass is 288 g/mol. The van der Waals surface area contributed by atoms with Crippen molar-refractivity contribution in [1.29, 1.82) is 0 Å². The fourth-order valence-corrected chi connectivity index (χ4v) is 2.64. The molecule has 1 fully saturated rings. The zero-order chi connectivity index (χ0) is 15.2. The van der Waals surface area contributed by atoms with Crippen molar-refractivity contribution < 1.29 is 0 Å². The van der Waals surface area contributed by atoms with E-state index in [4.69, 9.17) is 0 Å². The first-order valence-electron chi connectivity index (χ1n) is 8.60. The Balaban J connectivity index is 1.82. The molecule has 0 unspecified atom stereocenters. The highest BCUT2D eigenvalue weighted by atomic mass is 15.1. The number of nitrogens with one attached hydrogen (secondary N) is 1. The van der Waals surface area contributed by atoms with E-state index >= 15 is 0 Å². The Kier molecular flexibility index (Phi) is 6.25. The third-order valence-electron chi connectivity index (χ3n) is 4.29. The van der Waals surface area contributed by atoms with Crippen molar-refractivity contribution in [3.8, 4) is 0 Å². The molecule has 0 amide bonds. The Hall–Kier alpha value is -0.860.